The van der Waals surface area contributed by atoms with Crippen LogP contribution in [0, 0.1) is 0 Å². The van der Waals surface area contributed by atoms with E-state index in [0.717, 1.165) is 0 Å². The van der Waals surface area contributed by atoms with Crippen LogP contribution in [0.4, 0.5) is 0 Å². The molecule has 2 aromatic heterocycles. The molecule has 0 amide bonds. The van der Waals surface area contributed by atoms with E-state index in [-0.39, 0.29) is 5.92 Å². The Labute approximate surface area is 375 Å². The highest BCUT2D eigenvalue weighted by molar-refractivity contribution is 7.26. The molecule has 0 unspecified atom stereocenters. The number of rotatable bonds is 8. The van der Waals surface area contributed by atoms with Gasteiger partial charge in [-0.05, 0) is 84.5 Å². The third kappa shape index (κ3) is 6.85. The van der Waals surface area contributed by atoms with E-state index in [4.69, 9.17) is 0 Å². The molecular formula is C61H40S2. The fourth-order valence-electron chi connectivity index (χ4n) is 9.45. The van der Waals surface area contributed by atoms with Crippen molar-refractivity contribution in [3.8, 4) is 55.6 Å². The molecule has 63 heavy (non-hydrogen) atoms. The predicted molar refractivity (Wildman–Crippen MR) is 273 cm³/mol. The van der Waals surface area contributed by atoms with Gasteiger partial charge in [-0.1, -0.05) is 224 Å². The lowest BCUT2D eigenvalue weighted by atomic mass is 9.83. The third-order valence-corrected chi connectivity index (χ3v) is 15.1. The van der Waals surface area contributed by atoms with Crippen LogP contribution in [-0.2, 0) is 0 Å². The SMILES string of the molecule is c1ccc(-c2ccc(C(c3ccc(-c4ccc(-c5cccc6c5sc5ccccc56)cc4)cc3)c3ccc(-c4ccc(-c5cccc6c5sc5ccccc56)cc4)cc3)cc2)cc1. The Balaban J connectivity index is 0.847. The molecule has 0 atom stereocenters. The first-order valence-electron chi connectivity index (χ1n) is 21.6. The summed E-state index contributed by atoms with van der Waals surface area (Å²) in [4.78, 5) is 0. The molecule has 0 aliphatic heterocycles. The Morgan fingerprint density at radius 1 is 0.222 bits per heavy atom. The Bertz CT molecular complexity index is 3360. The normalized spacial score (nSPS) is 11.6. The van der Waals surface area contributed by atoms with Crippen molar-refractivity contribution in [3.63, 3.8) is 0 Å². The van der Waals surface area contributed by atoms with Gasteiger partial charge in [-0.15, -0.1) is 22.7 Å². The van der Waals surface area contributed by atoms with Crippen LogP contribution in [0.15, 0.2) is 237 Å². The molecule has 12 rings (SSSR count). The highest BCUT2D eigenvalue weighted by Gasteiger charge is 2.19. The number of hydrogen-bond acceptors (Lipinski definition) is 2. The highest BCUT2D eigenvalue weighted by Crippen LogP contribution is 2.42. The second-order valence-electron chi connectivity index (χ2n) is 16.4. The van der Waals surface area contributed by atoms with E-state index in [9.17, 15) is 0 Å². The first kappa shape index (κ1) is 37.4. The van der Waals surface area contributed by atoms with Crippen LogP contribution in [0.5, 0.6) is 0 Å². The molecule has 2 heterocycles. The summed E-state index contributed by atoms with van der Waals surface area (Å²) in [5, 5.41) is 5.33. The molecule has 2 heteroatoms. The zero-order valence-corrected chi connectivity index (χ0v) is 36.0. The summed E-state index contributed by atoms with van der Waals surface area (Å²) in [6.07, 6.45) is 0. The van der Waals surface area contributed by atoms with E-state index >= 15 is 0 Å². The van der Waals surface area contributed by atoms with E-state index in [1.165, 1.54) is 113 Å². The van der Waals surface area contributed by atoms with Gasteiger partial charge in [-0.25, -0.2) is 0 Å². The van der Waals surface area contributed by atoms with Crippen LogP contribution < -0.4 is 0 Å². The van der Waals surface area contributed by atoms with Crippen molar-refractivity contribution in [3.05, 3.63) is 253 Å². The smallest absolute Gasteiger partial charge is 0.0433 e. The Kier molecular flexibility index (Phi) is 9.40. The van der Waals surface area contributed by atoms with Crippen molar-refractivity contribution in [2.24, 2.45) is 0 Å². The summed E-state index contributed by atoms with van der Waals surface area (Å²) in [7, 11) is 0. The van der Waals surface area contributed by atoms with Gasteiger partial charge in [-0.3, -0.25) is 0 Å². The van der Waals surface area contributed by atoms with E-state index in [0.29, 0.717) is 0 Å². The van der Waals surface area contributed by atoms with E-state index in [2.05, 4.69) is 237 Å². The zero-order valence-electron chi connectivity index (χ0n) is 34.4. The monoisotopic (exact) mass is 836 g/mol. The average Bonchev–Trinajstić information content (AvgIpc) is 3.94. The first-order valence-corrected chi connectivity index (χ1v) is 23.2. The zero-order chi connectivity index (χ0) is 41.7. The van der Waals surface area contributed by atoms with Gasteiger partial charge >= 0.3 is 0 Å². The van der Waals surface area contributed by atoms with Crippen LogP contribution in [0.25, 0.3) is 96.0 Å². The van der Waals surface area contributed by atoms with Gasteiger partial charge in [0.05, 0.1) is 0 Å². The van der Waals surface area contributed by atoms with Crippen molar-refractivity contribution in [2.45, 2.75) is 5.92 Å². The summed E-state index contributed by atoms with van der Waals surface area (Å²) in [6.45, 7) is 0. The fraction of sp³-hybridized carbons (Fsp3) is 0.0164. The summed E-state index contributed by atoms with van der Waals surface area (Å²) in [6, 6.07) is 87.3. The van der Waals surface area contributed by atoms with Gasteiger partial charge in [-0.2, -0.15) is 0 Å². The number of hydrogen-bond donors (Lipinski definition) is 0. The molecule has 0 N–H and O–H groups in total. The maximum atomic E-state index is 2.32. The minimum atomic E-state index is 0.0753. The highest BCUT2D eigenvalue weighted by atomic mass is 32.1. The fourth-order valence-corrected chi connectivity index (χ4v) is 11.9. The Morgan fingerprint density at radius 2 is 0.524 bits per heavy atom. The molecule has 0 saturated heterocycles. The van der Waals surface area contributed by atoms with Gasteiger partial charge in [0.15, 0.2) is 0 Å². The second kappa shape index (κ2) is 15.8. The predicted octanol–water partition coefficient (Wildman–Crippen LogP) is 17.9. The van der Waals surface area contributed by atoms with Crippen molar-refractivity contribution < 1.29 is 0 Å². The molecule has 0 aliphatic rings. The van der Waals surface area contributed by atoms with Crippen LogP contribution in [0.1, 0.15) is 22.6 Å². The van der Waals surface area contributed by atoms with Crippen LogP contribution in [0.3, 0.4) is 0 Å². The topological polar surface area (TPSA) is 0 Å². The average molecular weight is 837 g/mol. The summed E-state index contributed by atoms with van der Waals surface area (Å²) < 4.78 is 5.37. The number of thiophene rings is 2. The molecule has 10 aromatic carbocycles. The lowest BCUT2D eigenvalue weighted by molar-refractivity contribution is 0.978. The molecule has 0 radical (unpaired) electrons. The van der Waals surface area contributed by atoms with Crippen LogP contribution in [0.2, 0.25) is 0 Å². The van der Waals surface area contributed by atoms with Crippen molar-refractivity contribution >= 4 is 63.0 Å². The third-order valence-electron chi connectivity index (χ3n) is 12.7. The summed E-state index contributed by atoms with van der Waals surface area (Å²) in [5.41, 5.74) is 16.2. The lowest BCUT2D eigenvalue weighted by Gasteiger charge is -2.20. The summed E-state index contributed by atoms with van der Waals surface area (Å²) in [5.74, 6) is 0.0753. The second-order valence-corrected chi connectivity index (χ2v) is 18.5. The number of fused-ring (bicyclic) bond motifs is 6. The maximum absolute atomic E-state index is 2.32. The van der Waals surface area contributed by atoms with Crippen molar-refractivity contribution in [1.82, 2.24) is 0 Å². The largest absolute Gasteiger partial charge is 0.135 e. The molecule has 12 aromatic rings. The van der Waals surface area contributed by atoms with E-state index < -0.39 is 0 Å². The Morgan fingerprint density at radius 3 is 0.921 bits per heavy atom. The molecule has 0 spiro atoms. The Hall–Kier alpha value is -7.36. The molecule has 0 aliphatic carbocycles. The van der Waals surface area contributed by atoms with Gasteiger partial charge in [0.1, 0.15) is 0 Å². The lowest BCUT2D eigenvalue weighted by Crippen LogP contribution is -2.03. The van der Waals surface area contributed by atoms with Gasteiger partial charge < -0.3 is 0 Å². The van der Waals surface area contributed by atoms with Crippen molar-refractivity contribution in [1.29, 1.82) is 0 Å². The molecular weight excluding hydrogens is 797 g/mol. The minimum absolute atomic E-state index is 0.0753. The first-order chi connectivity index (χ1) is 31.2. The van der Waals surface area contributed by atoms with Gasteiger partial charge in [0.25, 0.3) is 0 Å². The standard InChI is InChI=1S/C61H40S2/c1-2-10-40(11-3-1)41-24-34-48(35-25-41)59(49-36-26-44(27-37-49)42-20-30-46(31-21-42)51-14-8-16-55-53-12-4-6-18-57(53)62-60(51)55)50-38-28-45(29-39-50)43-22-32-47(33-23-43)52-15-9-17-56-54-13-5-7-19-58(54)63-61(52)56/h1-39,59H. The molecule has 0 saturated carbocycles. The molecule has 0 bridgehead atoms. The van der Waals surface area contributed by atoms with Gasteiger partial charge in [0.2, 0.25) is 0 Å². The molecule has 296 valence electrons. The van der Waals surface area contributed by atoms with Gasteiger partial charge in [0, 0.05) is 46.3 Å². The molecule has 0 nitrogen and oxygen atoms in total. The van der Waals surface area contributed by atoms with Crippen LogP contribution in [-0.4, -0.2) is 0 Å². The minimum Gasteiger partial charge on any atom is -0.135 e. The molecule has 0 fully saturated rings. The maximum Gasteiger partial charge on any atom is 0.0433 e. The number of benzene rings is 10. The van der Waals surface area contributed by atoms with E-state index in [1.54, 1.807) is 0 Å². The van der Waals surface area contributed by atoms with Crippen molar-refractivity contribution in [2.75, 3.05) is 0 Å². The van der Waals surface area contributed by atoms with E-state index in [1.807, 2.05) is 22.7 Å². The van der Waals surface area contributed by atoms with Crippen LogP contribution >= 0.6 is 22.7 Å². The quantitative estimate of drug-likeness (QED) is 0.134. The summed E-state index contributed by atoms with van der Waals surface area (Å²) >= 11 is 3.77.